The van der Waals surface area contributed by atoms with E-state index in [0.717, 1.165) is 0 Å². The van der Waals surface area contributed by atoms with E-state index in [1.807, 2.05) is 6.92 Å². The zero-order valence-corrected chi connectivity index (χ0v) is 8.04. The summed E-state index contributed by atoms with van der Waals surface area (Å²) < 4.78 is 41.2. The molecule has 0 heterocycles. The molecule has 0 radical (unpaired) electrons. The van der Waals surface area contributed by atoms with Gasteiger partial charge in [-0.25, -0.2) is 0 Å². The third-order valence-electron chi connectivity index (χ3n) is 1.37. The van der Waals surface area contributed by atoms with Crippen LogP contribution in [0.25, 0.3) is 0 Å². The van der Waals surface area contributed by atoms with Crippen LogP contribution in [-0.4, -0.2) is 24.4 Å². The molecule has 0 aromatic rings. The van der Waals surface area contributed by atoms with Gasteiger partial charge in [-0.05, 0) is 6.42 Å². The molecule has 0 fully saturated rings. The Labute approximate surface area is 80.2 Å². The molecule has 0 rings (SSSR count). The van der Waals surface area contributed by atoms with Gasteiger partial charge in [0.15, 0.2) is 0 Å². The largest absolute Gasteiger partial charge is 0.400 e. The average Bonchev–Trinajstić information content (AvgIpc) is 1.94. The van der Waals surface area contributed by atoms with E-state index in [2.05, 4.69) is 12.2 Å². The van der Waals surface area contributed by atoms with Gasteiger partial charge in [0.25, 0.3) is 0 Å². The number of nitrogens with two attached hydrogens (primary N) is 1. The van der Waals surface area contributed by atoms with Crippen molar-refractivity contribution in [3.63, 3.8) is 0 Å². The van der Waals surface area contributed by atoms with Gasteiger partial charge in [-0.2, -0.15) is 13.2 Å². The Balaban J connectivity index is 4.04. The van der Waals surface area contributed by atoms with Crippen molar-refractivity contribution in [1.82, 2.24) is 0 Å². The Kier molecular flexibility index (Phi) is 5.24. The van der Waals surface area contributed by atoms with E-state index in [-0.39, 0.29) is 6.61 Å². The Morgan fingerprint density at radius 1 is 1.54 bits per heavy atom. The fourth-order valence-electron chi connectivity index (χ4n) is 0.683. The normalized spacial score (nSPS) is 14.2. The lowest BCUT2D eigenvalue weighted by Crippen LogP contribution is -2.37. The lowest BCUT2D eigenvalue weighted by Gasteiger charge is -2.18. The van der Waals surface area contributed by atoms with Crippen LogP contribution in [0.2, 0.25) is 0 Å². The number of ether oxygens (including phenoxy) is 1. The van der Waals surface area contributed by atoms with E-state index in [0.29, 0.717) is 6.42 Å². The first-order valence-electron chi connectivity index (χ1n) is 3.83. The van der Waals surface area contributed by atoms with Gasteiger partial charge >= 0.3 is 6.18 Å². The van der Waals surface area contributed by atoms with E-state index in [9.17, 15) is 13.2 Å². The van der Waals surface area contributed by atoms with Gasteiger partial charge in [-0.3, -0.25) is 0 Å². The number of halogens is 3. The van der Waals surface area contributed by atoms with Crippen LogP contribution >= 0.6 is 12.2 Å². The summed E-state index contributed by atoms with van der Waals surface area (Å²) in [6.07, 6.45) is -3.73. The molecule has 0 aliphatic carbocycles. The molecule has 0 aromatic carbocycles. The highest BCUT2D eigenvalue weighted by Crippen LogP contribution is 2.26. The van der Waals surface area contributed by atoms with Crippen LogP contribution in [-0.2, 0) is 4.74 Å². The van der Waals surface area contributed by atoms with Gasteiger partial charge < -0.3 is 10.5 Å². The second-order valence-corrected chi connectivity index (χ2v) is 3.04. The third kappa shape index (κ3) is 5.05. The maximum atomic E-state index is 12.2. The molecule has 0 amide bonds. The van der Waals surface area contributed by atoms with Crippen LogP contribution in [0.15, 0.2) is 0 Å². The molecule has 0 aliphatic rings. The van der Waals surface area contributed by atoms with E-state index in [1.165, 1.54) is 0 Å². The Bertz CT molecular complexity index is 172. The maximum absolute atomic E-state index is 12.2. The summed E-state index contributed by atoms with van der Waals surface area (Å²) in [5.41, 5.74) is 4.94. The number of thiocarbonyl (C=S) groups is 1. The number of hydrogen-bond donors (Lipinski definition) is 1. The van der Waals surface area contributed by atoms with E-state index >= 15 is 0 Å². The molecule has 0 aliphatic heterocycles. The first-order valence-corrected chi connectivity index (χ1v) is 4.24. The molecule has 2 N–H and O–H groups in total. The minimum absolute atomic E-state index is 0.287. The molecule has 0 saturated heterocycles. The molecular formula is C7H12F3NOS. The smallest absolute Gasteiger partial charge is 0.393 e. The Morgan fingerprint density at radius 2 is 2.08 bits per heavy atom. The molecule has 0 aromatic heterocycles. The quantitative estimate of drug-likeness (QED) is 0.561. The average molecular weight is 215 g/mol. The summed E-state index contributed by atoms with van der Waals surface area (Å²) in [5.74, 6) is -1.82. The predicted octanol–water partition coefficient (Wildman–Crippen LogP) is 1.88. The van der Waals surface area contributed by atoms with Crippen LogP contribution in [0.3, 0.4) is 0 Å². The summed E-state index contributed by atoms with van der Waals surface area (Å²) >= 11 is 4.29. The van der Waals surface area contributed by atoms with Crippen LogP contribution in [0.5, 0.6) is 0 Å². The fourth-order valence-corrected chi connectivity index (χ4v) is 0.885. The van der Waals surface area contributed by atoms with Gasteiger partial charge in [-0.15, -0.1) is 0 Å². The van der Waals surface area contributed by atoms with E-state index in [4.69, 9.17) is 10.5 Å². The summed E-state index contributed by atoms with van der Waals surface area (Å²) in [7, 11) is 0. The van der Waals surface area contributed by atoms with Crippen molar-refractivity contribution < 1.29 is 17.9 Å². The Hall–Kier alpha value is -0.360. The lowest BCUT2D eigenvalue weighted by molar-refractivity contribution is -0.167. The Morgan fingerprint density at radius 3 is 2.38 bits per heavy atom. The molecule has 13 heavy (non-hydrogen) atoms. The predicted molar refractivity (Wildman–Crippen MR) is 47.4 cm³/mol. The number of rotatable bonds is 5. The van der Waals surface area contributed by atoms with Crippen molar-refractivity contribution in [3.05, 3.63) is 0 Å². The van der Waals surface area contributed by atoms with Gasteiger partial charge in [0, 0.05) is 6.61 Å². The van der Waals surface area contributed by atoms with Crippen LogP contribution in [0.4, 0.5) is 13.2 Å². The van der Waals surface area contributed by atoms with E-state index < -0.39 is 23.7 Å². The standard InChI is InChI=1S/C7H12F3NOS/c1-2-3-12-4-5(6(11)13)7(8,9)10/h5H,2-4H2,1H3,(H2,11,13). The molecule has 6 heteroatoms. The van der Waals surface area contributed by atoms with Crippen LogP contribution in [0.1, 0.15) is 13.3 Å². The zero-order chi connectivity index (χ0) is 10.5. The molecule has 0 saturated carbocycles. The highest BCUT2D eigenvalue weighted by molar-refractivity contribution is 7.80. The van der Waals surface area contributed by atoms with Gasteiger partial charge in [0.05, 0.1) is 11.6 Å². The first kappa shape index (κ1) is 12.6. The first-order chi connectivity index (χ1) is 5.89. The molecule has 78 valence electrons. The highest BCUT2D eigenvalue weighted by Gasteiger charge is 2.41. The third-order valence-corrected chi connectivity index (χ3v) is 1.66. The van der Waals surface area contributed by atoms with Crippen molar-refractivity contribution in [2.75, 3.05) is 13.2 Å². The zero-order valence-electron chi connectivity index (χ0n) is 7.23. The van der Waals surface area contributed by atoms with Crippen molar-refractivity contribution in [3.8, 4) is 0 Å². The second kappa shape index (κ2) is 5.39. The number of alkyl halides is 3. The molecule has 1 unspecified atom stereocenters. The maximum Gasteiger partial charge on any atom is 0.400 e. The summed E-state index contributed by atoms with van der Waals surface area (Å²) in [6, 6.07) is 0. The van der Waals surface area contributed by atoms with Gasteiger partial charge in [-0.1, -0.05) is 19.1 Å². The van der Waals surface area contributed by atoms with Crippen LogP contribution < -0.4 is 5.73 Å². The second-order valence-electron chi connectivity index (χ2n) is 2.57. The minimum Gasteiger partial charge on any atom is -0.393 e. The molecule has 2 nitrogen and oxygen atoms in total. The van der Waals surface area contributed by atoms with E-state index in [1.54, 1.807) is 0 Å². The molecule has 0 bridgehead atoms. The fraction of sp³-hybridized carbons (Fsp3) is 0.857. The highest BCUT2D eigenvalue weighted by atomic mass is 32.1. The SMILES string of the molecule is CCCOCC(C(N)=S)C(F)(F)F. The molecule has 1 atom stereocenters. The van der Waals surface area contributed by atoms with Crippen LogP contribution in [0, 0.1) is 5.92 Å². The topological polar surface area (TPSA) is 35.2 Å². The van der Waals surface area contributed by atoms with Crippen molar-refractivity contribution in [2.45, 2.75) is 19.5 Å². The summed E-state index contributed by atoms with van der Waals surface area (Å²) in [5, 5.41) is 0. The van der Waals surface area contributed by atoms with Crippen molar-refractivity contribution in [1.29, 1.82) is 0 Å². The number of hydrogen-bond acceptors (Lipinski definition) is 2. The molecule has 0 spiro atoms. The van der Waals surface area contributed by atoms with Gasteiger partial charge in [0.1, 0.15) is 5.92 Å². The van der Waals surface area contributed by atoms with Gasteiger partial charge in [0.2, 0.25) is 0 Å². The van der Waals surface area contributed by atoms with Crippen molar-refractivity contribution in [2.24, 2.45) is 11.7 Å². The molecular weight excluding hydrogens is 203 g/mol. The summed E-state index contributed by atoms with van der Waals surface area (Å²) in [6.45, 7) is 1.62. The minimum atomic E-state index is -4.40. The monoisotopic (exact) mass is 215 g/mol. The lowest BCUT2D eigenvalue weighted by atomic mass is 10.1. The summed E-state index contributed by atoms with van der Waals surface area (Å²) in [4.78, 5) is -0.566. The van der Waals surface area contributed by atoms with Crippen molar-refractivity contribution >= 4 is 17.2 Å².